The van der Waals surface area contributed by atoms with Gasteiger partial charge in [0.15, 0.2) is 0 Å². The van der Waals surface area contributed by atoms with Gasteiger partial charge >= 0.3 is 0 Å². The maximum Gasteiger partial charge on any atom is 0.0593 e. The minimum atomic E-state index is 0.224. The molecule has 3 heteroatoms. The Labute approximate surface area is 113 Å². The zero-order chi connectivity index (χ0) is 13.6. The maximum absolute atomic E-state index is 6.13. The summed E-state index contributed by atoms with van der Waals surface area (Å²) >= 11 is 0. The van der Waals surface area contributed by atoms with Crippen molar-refractivity contribution < 1.29 is 4.74 Å². The van der Waals surface area contributed by atoms with Crippen LogP contribution in [0.1, 0.15) is 53.4 Å². The highest BCUT2D eigenvalue weighted by molar-refractivity contribution is 4.97. The third-order valence-electron chi connectivity index (χ3n) is 4.68. The van der Waals surface area contributed by atoms with Gasteiger partial charge in [-0.2, -0.15) is 0 Å². The fourth-order valence-electron chi connectivity index (χ4n) is 3.09. The summed E-state index contributed by atoms with van der Waals surface area (Å²) in [6.07, 6.45) is 5.04. The zero-order valence-electron chi connectivity index (χ0n) is 12.8. The van der Waals surface area contributed by atoms with Gasteiger partial charge in [-0.05, 0) is 44.6 Å². The predicted octanol–water partition coefficient (Wildman–Crippen LogP) is 2.64. The third kappa shape index (κ3) is 3.94. The van der Waals surface area contributed by atoms with Gasteiger partial charge in [-0.25, -0.2) is 0 Å². The van der Waals surface area contributed by atoms with Crippen LogP contribution >= 0.6 is 0 Å². The molecule has 0 aromatic carbocycles. The Bertz CT molecular complexity index is 231. The predicted molar refractivity (Wildman–Crippen MR) is 77.8 cm³/mol. The number of hydrogen-bond acceptors (Lipinski definition) is 3. The number of nitrogens with zero attached hydrogens (tertiary/aromatic N) is 1. The second-order valence-electron chi connectivity index (χ2n) is 6.37. The molecule has 2 N–H and O–H groups in total. The molecule has 0 unspecified atom stereocenters. The van der Waals surface area contributed by atoms with Crippen LogP contribution in [-0.2, 0) is 4.74 Å². The molecule has 0 bridgehead atoms. The summed E-state index contributed by atoms with van der Waals surface area (Å²) in [6, 6.07) is 0. The lowest BCUT2D eigenvalue weighted by molar-refractivity contribution is 0.00595. The van der Waals surface area contributed by atoms with E-state index in [2.05, 4.69) is 32.6 Å². The highest BCUT2D eigenvalue weighted by Gasteiger charge is 2.40. The molecule has 1 saturated carbocycles. The lowest BCUT2D eigenvalue weighted by Crippen LogP contribution is -2.57. The van der Waals surface area contributed by atoms with Crippen molar-refractivity contribution in [2.75, 3.05) is 32.8 Å². The van der Waals surface area contributed by atoms with Gasteiger partial charge in [0.2, 0.25) is 0 Å². The standard InChI is InChI=1S/C15H32N2O/c1-5-17(11-12-18-6-2)15(13-16)9-7-14(3,4)8-10-15/h5-13,16H2,1-4H3. The average Bonchev–Trinajstić information content (AvgIpc) is 2.36. The second-order valence-corrected chi connectivity index (χ2v) is 6.37. The first kappa shape index (κ1) is 15.9. The summed E-state index contributed by atoms with van der Waals surface area (Å²) in [4.78, 5) is 2.55. The largest absolute Gasteiger partial charge is 0.380 e. The zero-order valence-corrected chi connectivity index (χ0v) is 12.8. The monoisotopic (exact) mass is 256 g/mol. The van der Waals surface area contributed by atoms with Crippen molar-refractivity contribution in [3.63, 3.8) is 0 Å². The third-order valence-corrected chi connectivity index (χ3v) is 4.68. The van der Waals surface area contributed by atoms with E-state index in [1.807, 2.05) is 0 Å². The van der Waals surface area contributed by atoms with E-state index in [0.717, 1.165) is 32.8 Å². The van der Waals surface area contributed by atoms with Crippen molar-refractivity contribution in [3.8, 4) is 0 Å². The highest BCUT2D eigenvalue weighted by Crippen LogP contribution is 2.42. The molecule has 1 aliphatic carbocycles. The summed E-state index contributed by atoms with van der Waals surface area (Å²) in [5.74, 6) is 0. The van der Waals surface area contributed by atoms with E-state index in [0.29, 0.717) is 5.41 Å². The van der Waals surface area contributed by atoms with Gasteiger partial charge in [0, 0.05) is 25.2 Å². The van der Waals surface area contributed by atoms with E-state index in [9.17, 15) is 0 Å². The van der Waals surface area contributed by atoms with Crippen LogP contribution in [0.4, 0.5) is 0 Å². The van der Waals surface area contributed by atoms with Crippen LogP contribution in [0.15, 0.2) is 0 Å². The number of likely N-dealkylation sites (N-methyl/N-ethyl adjacent to an activating group) is 1. The van der Waals surface area contributed by atoms with Crippen LogP contribution in [0.5, 0.6) is 0 Å². The van der Waals surface area contributed by atoms with Crippen LogP contribution in [0.3, 0.4) is 0 Å². The molecule has 1 aliphatic rings. The van der Waals surface area contributed by atoms with Gasteiger partial charge < -0.3 is 10.5 Å². The molecule has 0 aromatic rings. The van der Waals surface area contributed by atoms with Crippen molar-refractivity contribution in [1.82, 2.24) is 4.90 Å². The van der Waals surface area contributed by atoms with Gasteiger partial charge in [-0.3, -0.25) is 4.90 Å². The quantitative estimate of drug-likeness (QED) is 0.712. The first-order valence-electron chi connectivity index (χ1n) is 7.52. The molecule has 0 saturated heterocycles. The smallest absolute Gasteiger partial charge is 0.0593 e. The Morgan fingerprint density at radius 2 is 1.72 bits per heavy atom. The number of hydrogen-bond donors (Lipinski definition) is 1. The SMILES string of the molecule is CCOCCN(CC)C1(CN)CCC(C)(C)CC1. The fourth-order valence-corrected chi connectivity index (χ4v) is 3.09. The molecule has 108 valence electrons. The van der Waals surface area contributed by atoms with Crippen LogP contribution in [0, 0.1) is 5.41 Å². The highest BCUT2D eigenvalue weighted by atomic mass is 16.5. The summed E-state index contributed by atoms with van der Waals surface area (Å²) in [6.45, 7) is 13.6. The molecule has 3 nitrogen and oxygen atoms in total. The van der Waals surface area contributed by atoms with E-state index in [1.54, 1.807) is 0 Å². The molecule has 0 heterocycles. The lowest BCUT2D eigenvalue weighted by atomic mass is 9.68. The van der Waals surface area contributed by atoms with E-state index in [1.165, 1.54) is 25.7 Å². The molecule has 0 aromatic heterocycles. The summed E-state index contributed by atoms with van der Waals surface area (Å²) in [5.41, 5.74) is 6.85. The first-order valence-corrected chi connectivity index (χ1v) is 7.52. The van der Waals surface area contributed by atoms with Crippen LogP contribution < -0.4 is 5.73 Å². The van der Waals surface area contributed by atoms with Crippen molar-refractivity contribution in [3.05, 3.63) is 0 Å². The molecule has 0 atom stereocenters. The van der Waals surface area contributed by atoms with Crippen molar-refractivity contribution in [1.29, 1.82) is 0 Å². The molecule has 0 radical (unpaired) electrons. The number of nitrogens with two attached hydrogens (primary N) is 1. The van der Waals surface area contributed by atoms with Crippen LogP contribution in [0.25, 0.3) is 0 Å². The van der Waals surface area contributed by atoms with Gasteiger partial charge in [-0.15, -0.1) is 0 Å². The van der Waals surface area contributed by atoms with E-state index in [4.69, 9.17) is 10.5 Å². The Kier molecular flexibility index (Phi) is 6.09. The van der Waals surface area contributed by atoms with Crippen LogP contribution in [0.2, 0.25) is 0 Å². The van der Waals surface area contributed by atoms with Gasteiger partial charge in [0.25, 0.3) is 0 Å². The summed E-state index contributed by atoms with van der Waals surface area (Å²) in [5, 5.41) is 0. The minimum Gasteiger partial charge on any atom is -0.380 e. The lowest BCUT2D eigenvalue weighted by Gasteiger charge is -2.49. The summed E-state index contributed by atoms with van der Waals surface area (Å²) < 4.78 is 5.50. The van der Waals surface area contributed by atoms with E-state index < -0.39 is 0 Å². The van der Waals surface area contributed by atoms with E-state index in [-0.39, 0.29) is 5.54 Å². The van der Waals surface area contributed by atoms with Gasteiger partial charge in [0.1, 0.15) is 0 Å². The topological polar surface area (TPSA) is 38.5 Å². The van der Waals surface area contributed by atoms with Crippen molar-refractivity contribution >= 4 is 0 Å². The Hall–Kier alpha value is -0.120. The van der Waals surface area contributed by atoms with Gasteiger partial charge in [-0.1, -0.05) is 20.8 Å². The second kappa shape index (κ2) is 6.88. The molecule has 0 spiro atoms. The normalized spacial score (nSPS) is 22.3. The maximum atomic E-state index is 6.13. The molecule has 0 aliphatic heterocycles. The number of ether oxygens (including phenoxy) is 1. The summed E-state index contributed by atoms with van der Waals surface area (Å²) in [7, 11) is 0. The Morgan fingerprint density at radius 1 is 1.11 bits per heavy atom. The fraction of sp³-hybridized carbons (Fsp3) is 1.00. The molecule has 1 rings (SSSR count). The first-order chi connectivity index (χ1) is 8.49. The average molecular weight is 256 g/mol. The minimum absolute atomic E-state index is 0.224. The van der Waals surface area contributed by atoms with Crippen molar-refractivity contribution in [2.24, 2.45) is 11.1 Å². The molecule has 1 fully saturated rings. The molecular weight excluding hydrogens is 224 g/mol. The molecule has 0 amide bonds. The number of rotatable bonds is 7. The Balaban J connectivity index is 2.61. The van der Waals surface area contributed by atoms with Crippen LogP contribution in [-0.4, -0.2) is 43.3 Å². The van der Waals surface area contributed by atoms with Crippen molar-refractivity contribution in [2.45, 2.75) is 58.9 Å². The Morgan fingerprint density at radius 3 is 2.17 bits per heavy atom. The van der Waals surface area contributed by atoms with Gasteiger partial charge in [0.05, 0.1) is 6.61 Å². The molecule has 18 heavy (non-hydrogen) atoms. The van der Waals surface area contributed by atoms with E-state index >= 15 is 0 Å². The molecular formula is C15H32N2O.